The summed E-state index contributed by atoms with van der Waals surface area (Å²) in [7, 11) is 2.98. The highest BCUT2D eigenvalue weighted by atomic mass is 16.6. The lowest BCUT2D eigenvalue weighted by Crippen LogP contribution is -2.33. The molecule has 0 aromatic heterocycles. The summed E-state index contributed by atoms with van der Waals surface area (Å²) in [4.78, 5) is 37.4. The zero-order valence-electron chi connectivity index (χ0n) is 25.1. The van der Waals surface area contributed by atoms with Crippen molar-refractivity contribution in [3.8, 4) is 17.2 Å². The molecule has 11 heteroatoms. The molecule has 1 unspecified atom stereocenters. The summed E-state index contributed by atoms with van der Waals surface area (Å²) in [5, 5.41) is 14.0. The van der Waals surface area contributed by atoms with E-state index in [-0.39, 0.29) is 30.5 Å². The Kier molecular flexibility index (Phi) is 10.7. The molecule has 232 valence electrons. The molecule has 4 rings (SSSR count). The number of benzene rings is 4. The Hall–Kier alpha value is -5.84. The predicted molar refractivity (Wildman–Crippen MR) is 169 cm³/mol. The lowest BCUT2D eigenvalue weighted by Gasteiger charge is -2.24. The Morgan fingerprint density at radius 3 is 2.11 bits per heavy atom. The molecular weight excluding hydrogens is 576 g/mol. The number of anilines is 1. The molecule has 0 aliphatic rings. The predicted octanol–water partition coefficient (Wildman–Crippen LogP) is 4.74. The first-order chi connectivity index (χ1) is 21.7. The van der Waals surface area contributed by atoms with Gasteiger partial charge in [-0.2, -0.15) is 0 Å². The summed E-state index contributed by atoms with van der Waals surface area (Å²) in [6, 6.07) is 25.1. The molecule has 1 amide bonds. The molecule has 4 aromatic carbocycles. The van der Waals surface area contributed by atoms with Crippen LogP contribution in [0.2, 0.25) is 0 Å². The largest absolute Gasteiger partial charge is 0.493 e. The molecule has 0 bridgehead atoms. The first-order valence-corrected chi connectivity index (χ1v) is 13.9. The van der Waals surface area contributed by atoms with E-state index >= 15 is 0 Å². The van der Waals surface area contributed by atoms with Crippen molar-refractivity contribution in [2.45, 2.75) is 26.1 Å². The fourth-order valence-electron chi connectivity index (χ4n) is 4.45. The summed E-state index contributed by atoms with van der Waals surface area (Å²) in [6.45, 7) is 1.45. The molecule has 0 saturated heterocycles. The average Bonchev–Trinajstić information content (AvgIpc) is 3.05. The van der Waals surface area contributed by atoms with E-state index in [2.05, 4.69) is 10.6 Å². The number of nitrogens with one attached hydrogen (secondary N) is 3. The lowest BCUT2D eigenvalue weighted by molar-refractivity contribution is -0.135. The fraction of sp³-hybridized carbons (Fsp3) is 0.176. The van der Waals surface area contributed by atoms with Gasteiger partial charge in [-0.25, -0.2) is 4.79 Å². The van der Waals surface area contributed by atoms with Crippen molar-refractivity contribution < 1.29 is 33.3 Å². The van der Waals surface area contributed by atoms with Crippen molar-refractivity contribution in [2.75, 3.05) is 19.5 Å². The molecule has 0 aliphatic heterocycles. The van der Waals surface area contributed by atoms with Gasteiger partial charge >= 0.3 is 11.9 Å². The van der Waals surface area contributed by atoms with Crippen molar-refractivity contribution in [3.63, 3.8) is 0 Å². The van der Waals surface area contributed by atoms with E-state index in [9.17, 15) is 14.4 Å². The molecule has 4 aromatic rings. The van der Waals surface area contributed by atoms with E-state index in [0.717, 1.165) is 12.5 Å². The third-order valence-corrected chi connectivity index (χ3v) is 6.70. The number of ether oxygens (including phenoxy) is 4. The zero-order valence-corrected chi connectivity index (χ0v) is 25.1. The number of hydrogen-bond acceptors (Lipinski definition) is 9. The maximum Gasteiger partial charge on any atom is 0.345 e. The van der Waals surface area contributed by atoms with Crippen molar-refractivity contribution in [1.82, 2.24) is 5.32 Å². The number of hydrogen-bond donors (Lipinski definition) is 4. The molecule has 0 fully saturated rings. The number of amides is 1. The quantitative estimate of drug-likeness (QED) is 0.0725. The SMILES string of the molecule is COc1cc(OCc2cccc(C(=O)OC(C)=O)c2)c(C(Nc2ccc(C(=N)N)cc2)C(=O)NCc2ccccc2)cc1OC. The van der Waals surface area contributed by atoms with Crippen LogP contribution in [0.1, 0.15) is 45.6 Å². The average molecular weight is 611 g/mol. The Morgan fingerprint density at radius 1 is 0.800 bits per heavy atom. The summed E-state index contributed by atoms with van der Waals surface area (Å²) in [6.07, 6.45) is 0. The highest BCUT2D eigenvalue weighted by Gasteiger charge is 2.27. The second-order valence-corrected chi connectivity index (χ2v) is 9.89. The van der Waals surface area contributed by atoms with Crippen molar-refractivity contribution in [2.24, 2.45) is 5.73 Å². The van der Waals surface area contributed by atoms with Crippen molar-refractivity contribution in [3.05, 3.63) is 119 Å². The van der Waals surface area contributed by atoms with Gasteiger partial charge in [-0.3, -0.25) is 15.0 Å². The number of nitrogen functional groups attached to an aromatic ring is 1. The normalized spacial score (nSPS) is 11.1. The monoisotopic (exact) mass is 610 g/mol. The summed E-state index contributed by atoms with van der Waals surface area (Å²) >= 11 is 0. The van der Waals surface area contributed by atoms with Crippen LogP contribution >= 0.6 is 0 Å². The number of carbonyl (C=O) groups excluding carboxylic acids is 3. The first-order valence-electron chi connectivity index (χ1n) is 13.9. The molecule has 11 nitrogen and oxygen atoms in total. The molecule has 0 heterocycles. The van der Waals surface area contributed by atoms with Gasteiger partial charge in [0.2, 0.25) is 5.91 Å². The molecule has 0 aliphatic carbocycles. The lowest BCUT2D eigenvalue weighted by atomic mass is 10.0. The van der Waals surface area contributed by atoms with E-state index in [1.807, 2.05) is 30.3 Å². The molecule has 45 heavy (non-hydrogen) atoms. The third kappa shape index (κ3) is 8.60. The summed E-state index contributed by atoms with van der Waals surface area (Å²) < 4.78 is 22.0. The van der Waals surface area contributed by atoms with E-state index in [1.165, 1.54) is 20.3 Å². The maximum absolute atomic E-state index is 13.9. The number of amidine groups is 1. The minimum Gasteiger partial charge on any atom is -0.493 e. The number of carbonyl (C=O) groups is 3. The third-order valence-electron chi connectivity index (χ3n) is 6.70. The number of nitrogens with two attached hydrogens (primary N) is 1. The Labute approximate surface area is 260 Å². The molecule has 0 saturated carbocycles. The highest BCUT2D eigenvalue weighted by molar-refractivity contribution is 5.96. The molecule has 0 spiro atoms. The zero-order chi connectivity index (χ0) is 32.3. The van der Waals surface area contributed by atoms with Crippen LogP contribution in [0, 0.1) is 5.41 Å². The standard InChI is InChI=1S/C34H34N4O7/c1-21(39)45-34(41)25-11-7-10-23(16-25)20-44-28-18-30(43-3)29(42-2)17-27(28)31(33(40)37-19-22-8-5-4-6-9-22)38-26-14-12-24(13-15-26)32(35)36/h4-18,31,38H,19-20H2,1-3H3,(H3,35,36)(H,37,40). The minimum absolute atomic E-state index is 0.00926. The highest BCUT2D eigenvalue weighted by Crippen LogP contribution is 2.39. The molecule has 1 atom stereocenters. The van der Waals surface area contributed by atoms with Crippen LogP contribution in [0.25, 0.3) is 0 Å². The van der Waals surface area contributed by atoms with Crippen LogP contribution in [-0.2, 0) is 27.5 Å². The van der Waals surface area contributed by atoms with E-state index < -0.39 is 18.0 Å². The van der Waals surface area contributed by atoms with Gasteiger partial charge in [0.05, 0.1) is 19.8 Å². The van der Waals surface area contributed by atoms with Crippen molar-refractivity contribution >= 4 is 29.4 Å². The van der Waals surface area contributed by atoms with Gasteiger partial charge in [0.15, 0.2) is 11.5 Å². The van der Waals surface area contributed by atoms with Crippen LogP contribution in [-0.4, -0.2) is 37.9 Å². The number of esters is 2. The second-order valence-electron chi connectivity index (χ2n) is 9.89. The van der Waals surface area contributed by atoms with Crippen LogP contribution in [0.4, 0.5) is 5.69 Å². The summed E-state index contributed by atoms with van der Waals surface area (Å²) in [5.74, 6) is -0.832. The van der Waals surface area contributed by atoms with E-state index in [4.69, 9.17) is 30.1 Å². The molecular formula is C34H34N4O7. The maximum atomic E-state index is 13.9. The summed E-state index contributed by atoms with van der Waals surface area (Å²) in [5.41, 5.74) is 8.92. The minimum atomic E-state index is -0.969. The van der Waals surface area contributed by atoms with Gasteiger partial charge in [-0.05, 0) is 53.6 Å². The van der Waals surface area contributed by atoms with Crippen LogP contribution in [0.3, 0.4) is 0 Å². The van der Waals surface area contributed by atoms with Gasteiger partial charge < -0.3 is 35.3 Å². The molecule has 0 radical (unpaired) electrons. The van der Waals surface area contributed by atoms with Crippen LogP contribution in [0.5, 0.6) is 17.2 Å². The van der Waals surface area contributed by atoms with Gasteiger partial charge in [-0.15, -0.1) is 0 Å². The van der Waals surface area contributed by atoms with E-state index in [0.29, 0.717) is 39.6 Å². The Morgan fingerprint density at radius 2 is 1.47 bits per heavy atom. The van der Waals surface area contributed by atoms with Gasteiger partial charge in [-0.1, -0.05) is 42.5 Å². The Bertz CT molecular complexity index is 1670. The van der Waals surface area contributed by atoms with E-state index in [1.54, 1.807) is 54.6 Å². The number of methoxy groups -OCH3 is 2. The first kappa shape index (κ1) is 32.1. The van der Waals surface area contributed by atoms with Crippen LogP contribution < -0.4 is 30.6 Å². The van der Waals surface area contributed by atoms with Gasteiger partial charge in [0.25, 0.3) is 0 Å². The fourth-order valence-corrected chi connectivity index (χ4v) is 4.45. The second kappa shape index (κ2) is 15.1. The number of rotatable bonds is 13. The van der Waals surface area contributed by atoms with Gasteiger partial charge in [0, 0.05) is 36.3 Å². The van der Waals surface area contributed by atoms with Crippen molar-refractivity contribution in [1.29, 1.82) is 5.41 Å². The topological polar surface area (TPSA) is 162 Å². The molecule has 5 N–H and O–H groups in total. The van der Waals surface area contributed by atoms with Gasteiger partial charge in [0.1, 0.15) is 24.2 Å². The van der Waals surface area contributed by atoms with Crippen LogP contribution in [0.15, 0.2) is 91.0 Å². The smallest absolute Gasteiger partial charge is 0.345 e. The Balaban J connectivity index is 1.70.